The molecule has 3 nitrogen and oxygen atoms in total. The average Bonchev–Trinajstić information content (AvgIpc) is 2.69. The zero-order valence-electron chi connectivity index (χ0n) is 14.0. The van der Waals surface area contributed by atoms with E-state index in [4.69, 9.17) is 4.74 Å². The molecule has 0 amide bonds. The third-order valence-electron chi connectivity index (χ3n) is 3.83. The van der Waals surface area contributed by atoms with Crippen molar-refractivity contribution in [2.75, 3.05) is 7.11 Å². The van der Waals surface area contributed by atoms with Crippen molar-refractivity contribution in [2.45, 2.75) is 0 Å². The summed E-state index contributed by atoms with van der Waals surface area (Å²) in [5.41, 5.74) is 3.03. The van der Waals surface area contributed by atoms with Gasteiger partial charge in [-0.1, -0.05) is 48.5 Å². The quantitative estimate of drug-likeness (QED) is 0.284. The maximum Gasteiger partial charge on any atom is 0.224 e. The Morgan fingerprint density at radius 1 is 0.840 bits per heavy atom. The van der Waals surface area contributed by atoms with Crippen molar-refractivity contribution in [1.82, 2.24) is 0 Å². The van der Waals surface area contributed by atoms with Gasteiger partial charge >= 0.3 is 0 Å². The van der Waals surface area contributed by atoms with Crippen LogP contribution >= 0.6 is 0 Å². The van der Waals surface area contributed by atoms with Crippen LogP contribution in [0, 0.1) is 5.21 Å². The van der Waals surface area contributed by atoms with E-state index in [1.54, 1.807) is 31.4 Å². The molecular weight excluding hydrogens is 310 g/mol. The number of ether oxygens (including phenoxy) is 1. The highest BCUT2D eigenvalue weighted by Crippen LogP contribution is 2.19. The van der Waals surface area contributed by atoms with Crippen molar-refractivity contribution in [2.24, 2.45) is 0 Å². The number of methoxy groups -OCH3 is 1. The lowest BCUT2D eigenvalue weighted by atomic mass is 10.1. The number of allylic oxidation sites excluding steroid dienone is 1. The van der Waals surface area contributed by atoms with Crippen molar-refractivity contribution in [1.29, 1.82) is 0 Å². The molecule has 0 unspecified atom stereocenters. The molecule has 0 saturated heterocycles. The molecule has 0 radical (unpaired) electrons. The van der Waals surface area contributed by atoms with Crippen LogP contribution in [0.5, 0.6) is 5.75 Å². The van der Waals surface area contributed by atoms with Gasteiger partial charge in [-0.25, -0.2) is 0 Å². The molecule has 0 saturated carbocycles. The van der Waals surface area contributed by atoms with Crippen LogP contribution in [0.2, 0.25) is 0 Å². The van der Waals surface area contributed by atoms with E-state index in [1.165, 1.54) is 0 Å². The standard InChI is InChI=1S/C22H19NO2/c1-25-21-15-13-20(14-16-21)23(24)22(19-10-6-3-7-11-19)17-12-18-8-4-2-5-9-18/h2-17H,1H3/b17-12+,23-22+. The summed E-state index contributed by atoms with van der Waals surface area (Å²) >= 11 is 0. The molecule has 0 fully saturated rings. The second-order valence-electron chi connectivity index (χ2n) is 5.49. The lowest BCUT2D eigenvalue weighted by Gasteiger charge is -2.09. The molecular formula is C22H19NO2. The monoisotopic (exact) mass is 329 g/mol. The smallest absolute Gasteiger partial charge is 0.224 e. The Labute approximate surface area is 147 Å². The summed E-state index contributed by atoms with van der Waals surface area (Å²) in [6, 6.07) is 26.6. The van der Waals surface area contributed by atoms with E-state index in [0.29, 0.717) is 11.4 Å². The molecule has 0 N–H and O–H groups in total. The molecule has 124 valence electrons. The molecule has 0 atom stereocenters. The second kappa shape index (κ2) is 7.97. The number of hydrogen-bond acceptors (Lipinski definition) is 2. The minimum atomic E-state index is 0.553. The average molecular weight is 329 g/mol. The third kappa shape index (κ3) is 4.15. The predicted octanol–water partition coefficient (Wildman–Crippen LogP) is 5.04. The van der Waals surface area contributed by atoms with E-state index < -0.39 is 0 Å². The molecule has 0 aliphatic rings. The Hall–Kier alpha value is -3.33. The van der Waals surface area contributed by atoms with Crippen LogP contribution in [0.1, 0.15) is 11.1 Å². The summed E-state index contributed by atoms with van der Waals surface area (Å²) in [5.74, 6) is 0.721. The first-order valence-corrected chi connectivity index (χ1v) is 8.05. The first-order chi connectivity index (χ1) is 12.3. The van der Waals surface area contributed by atoms with E-state index >= 15 is 0 Å². The fourth-order valence-corrected chi connectivity index (χ4v) is 2.49. The molecule has 3 rings (SSSR count). The zero-order chi connectivity index (χ0) is 17.5. The van der Waals surface area contributed by atoms with Crippen LogP contribution < -0.4 is 4.74 Å². The Morgan fingerprint density at radius 3 is 2.04 bits per heavy atom. The van der Waals surface area contributed by atoms with Gasteiger partial charge in [-0.15, -0.1) is 0 Å². The summed E-state index contributed by atoms with van der Waals surface area (Å²) in [4.78, 5) is 0. The minimum absolute atomic E-state index is 0.553. The van der Waals surface area contributed by atoms with Gasteiger partial charge in [0.2, 0.25) is 11.4 Å². The molecule has 0 aromatic heterocycles. The summed E-state index contributed by atoms with van der Waals surface area (Å²) in [6.45, 7) is 0. The maximum absolute atomic E-state index is 13.0. The van der Waals surface area contributed by atoms with Crippen LogP contribution in [0.4, 0.5) is 5.69 Å². The molecule has 0 bridgehead atoms. The lowest BCUT2D eigenvalue weighted by molar-refractivity contribution is -0.359. The molecule has 0 aliphatic heterocycles. The van der Waals surface area contributed by atoms with E-state index in [1.807, 2.05) is 72.8 Å². The molecule has 3 aromatic carbocycles. The van der Waals surface area contributed by atoms with Crippen molar-refractivity contribution < 1.29 is 9.48 Å². The molecule has 0 spiro atoms. The van der Waals surface area contributed by atoms with Crippen LogP contribution in [0.15, 0.2) is 91.0 Å². The SMILES string of the molecule is COc1ccc(/[N+]([O-])=C(/C=C/c2ccccc2)c2ccccc2)cc1. The molecule has 25 heavy (non-hydrogen) atoms. The Morgan fingerprint density at radius 2 is 1.44 bits per heavy atom. The summed E-state index contributed by atoms with van der Waals surface area (Å²) < 4.78 is 6.10. The van der Waals surface area contributed by atoms with Gasteiger partial charge in [0, 0.05) is 23.8 Å². The van der Waals surface area contributed by atoms with Gasteiger partial charge in [0.15, 0.2) is 0 Å². The number of hydrogen-bond donors (Lipinski definition) is 0. The summed E-state index contributed by atoms with van der Waals surface area (Å²) in [6.07, 6.45) is 3.79. The first kappa shape index (κ1) is 16.5. The van der Waals surface area contributed by atoms with Crippen molar-refractivity contribution in [3.63, 3.8) is 0 Å². The van der Waals surface area contributed by atoms with E-state index in [9.17, 15) is 5.21 Å². The molecule has 3 heteroatoms. The van der Waals surface area contributed by atoms with Crippen LogP contribution in [-0.2, 0) is 0 Å². The summed E-state index contributed by atoms with van der Waals surface area (Å²) in [5, 5.41) is 13.0. The fourth-order valence-electron chi connectivity index (χ4n) is 2.49. The van der Waals surface area contributed by atoms with E-state index in [2.05, 4.69) is 0 Å². The van der Waals surface area contributed by atoms with Gasteiger partial charge < -0.3 is 9.94 Å². The Bertz CT molecular complexity index is 867. The van der Waals surface area contributed by atoms with Crippen LogP contribution in [0.3, 0.4) is 0 Å². The molecule has 0 aliphatic carbocycles. The van der Waals surface area contributed by atoms with Crippen molar-refractivity contribution in [3.8, 4) is 5.75 Å². The highest BCUT2D eigenvalue weighted by Gasteiger charge is 2.12. The van der Waals surface area contributed by atoms with Gasteiger partial charge in [-0.2, -0.15) is 4.74 Å². The maximum atomic E-state index is 13.0. The van der Waals surface area contributed by atoms with Crippen LogP contribution in [0.25, 0.3) is 6.08 Å². The first-order valence-electron chi connectivity index (χ1n) is 8.05. The highest BCUT2D eigenvalue weighted by molar-refractivity contribution is 6.08. The molecule has 3 aromatic rings. The minimum Gasteiger partial charge on any atom is -0.618 e. The van der Waals surface area contributed by atoms with Crippen molar-refractivity contribution in [3.05, 3.63) is 107 Å². The fraction of sp³-hybridized carbons (Fsp3) is 0.0455. The van der Waals surface area contributed by atoms with Crippen LogP contribution in [-0.4, -0.2) is 17.6 Å². The number of rotatable bonds is 5. The van der Waals surface area contributed by atoms with Gasteiger partial charge in [-0.3, -0.25) is 0 Å². The topological polar surface area (TPSA) is 35.3 Å². The highest BCUT2D eigenvalue weighted by atomic mass is 16.5. The van der Waals surface area contributed by atoms with Gasteiger partial charge in [0.1, 0.15) is 5.75 Å². The van der Waals surface area contributed by atoms with E-state index in [-0.39, 0.29) is 0 Å². The third-order valence-corrected chi connectivity index (χ3v) is 3.83. The van der Waals surface area contributed by atoms with Crippen molar-refractivity contribution >= 4 is 17.5 Å². The predicted molar refractivity (Wildman–Crippen MR) is 102 cm³/mol. The molecule has 0 heterocycles. The Kier molecular flexibility index (Phi) is 5.27. The van der Waals surface area contributed by atoms with Gasteiger partial charge in [-0.05, 0) is 35.9 Å². The number of nitrogens with zero attached hydrogens (tertiary/aromatic N) is 1. The number of benzene rings is 3. The normalized spacial score (nSPS) is 12.0. The largest absolute Gasteiger partial charge is 0.618 e. The zero-order valence-corrected chi connectivity index (χ0v) is 14.0. The Balaban J connectivity index is 2.04. The lowest BCUT2D eigenvalue weighted by Crippen LogP contribution is -2.10. The van der Waals surface area contributed by atoms with E-state index in [0.717, 1.165) is 21.6 Å². The van der Waals surface area contributed by atoms with Gasteiger partial charge in [0.25, 0.3) is 0 Å². The summed E-state index contributed by atoms with van der Waals surface area (Å²) in [7, 11) is 1.61. The van der Waals surface area contributed by atoms with Gasteiger partial charge in [0.05, 0.1) is 7.11 Å². The second-order valence-corrected chi connectivity index (χ2v) is 5.49.